The molecule has 0 aromatic heterocycles. The number of hydrogen-bond donors (Lipinski definition) is 3. The first-order valence-corrected chi connectivity index (χ1v) is 11.0. The SMILES string of the molecule is CN=C(NCc1ccc(NC(=O)NC(C)C)cc1)N1CCS(=O)(=O)C(C)(C)C1. The van der Waals surface area contributed by atoms with Gasteiger partial charge in [-0.15, -0.1) is 0 Å². The second-order valence-corrected chi connectivity index (χ2v) is 10.6. The molecule has 0 aliphatic carbocycles. The molecule has 0 saturated carbocycles. The average Bonchev–Trinajstić information content (AvgIpc) is 2.59. The molecule has 156 valence electrons. The van der Waals surface area contributed by atoms with Gasteiger partial charge in [0.15, 0.2) is 15.8 Å². The quantitative estimate of drug-likeness (QED) is 0.520. The maximum Gasteiger partial charge on any atom is 0.319 e. The van der Waals surface area contributed by atoms with E-state index in [4.69, 9.17) is 0 Å². The van der Waals surface area contributed by atoms with E-state index in [2.05, 4.69) is 20.9 Å². The number of carbonyl (C=O) groups is 1. The normalized spacial score (nSPS) is 18.6. The predicted octanol–water partition coefficient (Wildman–Crippen LogP) is 1.80. The summed E-state index contributed by atoms with van der Waals surface area (Å²) in [6, 6.07) is 7.38. The van der Waals surface area contributed by atoms with Crippen LogP contribution in [0.5, 0.6) is 0 Å². The maximum atomic E-state index is 12.2. The highest BCUT2D eigenvalue weighted by molar-refractivity contribution is 7.92. The average molecular weight is 410 g/mol. The number of aliphatic imine (C=N–C) groups is 1. The molecule has 1 fully saturated rings. The Kier molecular flexibility index (Phi) is 6.92. The van der Waals surface area contributed by atoms with E-state index in [1.807, 2.05) is 43.0 Å². The van der Waals surface area contributed by atoms with E-state index in [0.29, 0.717) is 31.3 Å². The third-order valence-electron chi connectivity index (χ3n) is 4.64. The fourth-order valence-corrected chi connectivity index (χ4v) is 4.34. The highest BCUT2D eigenvalue weighted by atomic mass is 32.2. The summed E-state index contributed by atoms with van der Waals surface area (Å²) < 4.78 is 23.6. The van der Waals surface area contributed by atoms with Gasteiger partial charge in [-0.1, -0.05) is 12.1 Å². The molecule has 0 atom stereocenters. The highest BCUT2D eigenvalue weighted by Crippen LogP contribution is 2.23. The Morgan fingerprint density at radius 2 is 1.89 bits per heavy atom. The van der Waals surface area contributed by atoms with Crippen molar-refractivity contribution < 1.29 is 13.2 Å². The third-order valence-corrected chi connectivity index (χ3v) is 7.17. The monoisotopic (exact) mass is 409 g/mol. The second-order valence-electron chi connectivity index (χ2n) is 7.85. The molecule has 0 unspecified atom stereocenters. The number of amides is 2. The smallest absolute Gasteiger partial charge is 0.319 e. The molecular formula is C19H31N5O3S. The van der Waals surface area contributed by atoms with Crippen LogP contribution in [0.3, 0.4) is 0 Å². The van der Waals surface area contributed by atoms with Crippen molar-refractivity contribution in [2.75, 3.05) is 31.2 Å². The van der Waals surface area contributed by atoms with Gasteiger partial charge in [0, 0.05) is 38.4 Å². The molecule has 1 aliphatic rings. The van der Waals surface area contributed by atoms with Crippen molar-refractivity contribution in [2.45, 2.75) is 45.0 Å². The van der Waals surface area contributed by atoms with Crippen LogP contribution in [-0.4, -0.2) is 62.0 Å². The van der Waals surface area contributed by atoms with Gasteiger partial charge in [0.1, 0.15) is 0 Å². The fraction of sp³-hybridized carbons (Fsp3) is 0.579. The topological polar surface area (TPSA) is 103 Å². The maximum absolute atomic E-state index is 12.2. The fourth-order valence-electron chi connectivity index (χ4n) is 2.97. The minimum absolute atomic E-state index is 0.0741. The summed E-state index contributed by atoms with van der Waals surface area (Å²) in [6.07, 6.45) is 0. The van der Waals surface area contributed by atoms with Crippen molar-refractivity contribution >= 4 is 27.5 Å². The predicted molar refractivity (Wildman–Crippen MR) is 113 cm³/mol. The zero-order valence-corrected chi connectivity index (χ0v) is 18.1. The molecule has 0 spiro atoms. The van der Waals surface area contributed by atoms with E-state index in [0.717, 1.165) is 5.56 Å². The Morgan fingerprint density at radius 1 is 1.25 bits per heavy atom. The molecule has 28 heavy (non-hydrogen) atoms. The van der Waals surface area contributed by atoms with E-state index < -0.39 is 14.6 Å². The number of guanidine groups is 1. The zero-order chi connectivity index (χ0) is 20.9. The van der Waals surface area contributed by atoms with Crippen molar-refractivity contribution in [3.8, 4) is 0 Å². The van der Waals surface area contributed by atoms with Crippen LogP contribution in [-0.2, 0) is 16.4 Å². The lowest BCUT2D eigenvalue weighted by Gasteiger charge is -2.39. The molecular weight excluding hydrogens is 378 g/mol. The number of benzene rings is 1. The Morgan fingerprint density at radius 3 is 2.43 bits per heavy atom. The van der Waals surface area contributed by atoms with Crippen molar-refractivity contribution in [1.82, 2.24) is 15.5 Å². The van der Waals surface area contributed by atoms with Gasteiger partial charge in [0.05, 0.1) is 10.5 Å². The Hall–Kier alpha value is -2.29. The summed E-state index contributed by atoms with van der Waals surface area (Å²) in [5.41, 5.74) is 1.74. The van der Waals surface area contributed by atoms with E-state index in [1.165, 1.54) is 0 Å². The highest BCUT2D eigenvalue weighted by Gasteiger charge is 2.40. The Bertz CT molecular complexity index is 816. The minimum Gasteiger partial charge on any atom is -0.352 e. The van der Waals surface area contributed by atoms with Crippen molar-refractivity contribution in [2.24, 2.45) is 4.99 Å². The van der Waals surface area contributed by atoms with Crippen LogP contribution in [0.1, 0.15) is 33.3 Å². The number of sulfone groups is 1. The van der Waals surface area contributed by atoms with E-state index in [9.17, 15) is 13.2 Å². The number of hydrogen-bond acceptors (Lipinski definition) is 4. The lowest BCUT2D eigenvalue weighted by molar-refractivity contribution is 0.250. The lowest BCUT2D eigenvalue weighted by Crippen LogP contribution is -2.57. The number of anilines is 1. The first-order valence-electron chi connectivity index (χ1n) is 9.38. The molecule has 0 radical (unpaired) electrons. The minimum atomic E-state index is -3.09. The van der Waals surface area contributed by atoms with Gasteiger partial charge >= 0.3 is 6.03 Å². The van der Waals surface area contributed by atoms with Crippen molar-refractivity contribution in [1.29, 1.82) is 0 Å². The first kappa shape index (κ1) is 22.0. The Labute approximate surface area is 167 Å². The molecule has 8 nitrogen and oxygen atoms in total. The third kappa shape index (κ3) is 5.60. The molecule has 9 heteroatoms. The number of nitrogens with one attached hydrogen (secondary N) is 3. The van der Waals surface area contributed by atoms with Gasteiger partial charge in [-0.2, -0.15) is 0 Å². The first-order chi connectivity index (χ1) is 13.0. The number of urea groups is 1. The summed E-state index contributed by atoms with van der Waals surface area (Å²) >= 11 is 0. The molecule has 3 N–H and O–H groups in total. The van der Waals surface area contributed by atoms with Crippen LogP contribution < -0.4 is 16.0 Å². The lowest BCUT2D eigenvalue weighted by atomic mass is 10.2. The standard InChI is InChI=1S/C19H31N5O3S/c1-14(2)22-18(25)23-16-8-6-15(7-9-16)12-21-17(20-5)24-10-11-28(26,27)19(3,4)13-24/h6-9,14H,10-13H2,1-5H3,(H,20,21)(H2,22,23,25). The van der Waals surface area contributed by atoms with Gasteiger partial charge in [-0.25, -0.2) is 13.2 Å². The van der Waals surface area contributed by atoms with Gasteiger partial charge in [0.25, 0.3) is 0 Å². The zero-order valence-electron chi connectivity index (χ0n) is 17.2. The largest absolute Gasteiger partial charge is 0.352 e. The molecule has 1 heterocycles. The second kappa shape index (κ2) is 8.81. The van der Waals surface area contributed by atoms with E-state index in [1.54, 1.807) is 20.9 Å². The molecule has 1 aliphatic heterocycles. The molecule has 2 amide bonds. The summed E-state index contributed by atoms with van der Waals surface area (Å²) in [7, 11) is -1.40. The summed E-state index contributed by atoms with van der Waals surface area (Å²) in [6.45, 7) is 8.70. The van der Waals surface area contributed by atoms with Crippen LogP contribution in [0.4, 0.5) is 10.5 Å². The molecule has 2 rings (SSSR count). The van der Waals surface area contributed by atoms with Crippen LogP contribution in [0.2, 0.25) is 0 Å². The van der Waals surface area contributed by atoms with Gasteiger partial charge in [-0.05, 0) is 45.4 Å². The summed E-state index contributed by atoms with van der Waals surface area (Å²) in [5, 5.41) is 8.85. The number of rotatable bonds is 4. The van der Waals surface area contributed by atoms with Crippen LogP contribution >= 0.6 is 0 Å². The Balaban J connectivity index is 1.93. The number of carbonyl (C=O) groups excluding carboxylic acids is 1. The summed E-state index contributed by atoms with van der Waals surface area (Å²) in [5.74, 6) is 0.806. The molecule has 1 saturated heterocycles. The molecule has 1 aromatic rings. The van der Waals surface area contributed by atoms with E-state index in [-0.39, 0.29) is 17.8 Å². The molecule has 1 aromatic carbocycles. The van der Waals surface area contributed by atoms with Gasteiger partial charge in [0.2, 0.25) is 0 Å². The van der Waals surface area contributed by atoms with Crippen LogP contribution in [0.15, 0.2) is 29.3 Å². The number of nitrogens with zero attached hydrogens (tertiary/aromatic N) is 2. The van der Waals surface area contributed by atoms with E-state index >= 15 is 0 Å². The van der Waals surface area contributed by atoms with Crippen LogP contribution in [0, 0.1) is 0 Å². The van der Waals surface area contributed by atoms with Gasteiger partial charge < -0.3 is 20.9 Å². The van der Waals surface area contributed by atoms with Crippen LogP contribution in [0.25, 0.3) is 0 Å². The molecule has 0 bridgehead atoms. The van der Waals surface area contributed by atoms with Gasteiger partial charge in [-0.3, -0.25) is 4.99 Å². The van der Waals surface area contributed by atoms with Crippen molar-refractivity contribution in [3.63, 3.8) is 0 Å². The summed E-state index contributed by atoms with van der Waals surface area (Å²) in [4.78, 5) is 18.0. The van der Waals surface area contributed by atoms with Crippen molar-refractivity contribution in [3.05, 3.63) is 29.8 Å².